The summed E-state index contributed by atoms with van der Waals surface area (Å²) in [6, 6.07) is 0. The summed E-state index contributed by atoms with van der Waals surface area (Å²) >= 11 is 0. The second-order valence-electron chi connectivity index (χ2n) is 2.59. The van der Waals surface area contributed by atoms with Crippen molar-refractivity contribution in [2.45, 2.75) is 18.0 Å². The van der Waals surface area contributed by atoms with Gasteiger partial charge in [-0.2, -0.15) is 30.7 Å². The van der Waals surface area contributed by atoms with Crippen molar-refractivity contribution in [3.05, 3.63) is 12.7 Å². The normalized spacial score (nSPS) is 13.4. The highest BCUT2D eigenvalue weighted by Gasteiger charge is 2.73. The Labute approximate surface area is 84.7 Å². The minimum Gasteiger partial charge on any atom is -0.456 e. The van der Waals surface area contributed by atoms with Crippen LogP contribution in [0.25, 0.3) is 0 Å². The molecule has 9 heteroatoms. The van der Waals surface area contributed by atoms with Gasteiger partial charge in [0.25, 0.3) is 0 Å². The van der Waals surface area contributed by atoms with E-state index in [9.17, 15) is 35.5 Å². The zero-order valence-electron chi connectivity index (χ0n) is 7.45. The molecule has 0 bridgehead atoms. The average Bonchev–Trinajstić information content (AvgIpc) is 2.12. The molecule has 0 fully saturated rings. The summed E-state index contributed by atoms with van der Waals surface area (Å²) in [5, 5.41) is 0. The predicted octanol–water partition coefficient (Wildman–Crippen LogP) is 2.55. The predicted molar refractivity (Wildman–Crippen MR) is 37.1 cm³/mol. The number of halogens is 7. The molecule has 0 aromatic heterocycles. The van der Waals surface area contributed by atoms with Gasteiger partial charge in [-0.25, -0.2) is 4.79 Å². The minimum absolute atomic E-state index is 0.349. The van der Waals surface area contributed by atoms with Crippen LogP contribution in [0.4, 0.5) is 30.7 Å². The monoisotopic (exact) mass is 254 g/mol. The van der Waals surface area contributed by atoms with Gasteiger partial charge in [-0.3, -0.25) is 0 Å². The fraction of sp³-hybridized carbons (Fsp3) is 0.571. The van der Waals surface area contributed by atoms with Crippen molar-refractivity contribution in [2.75, 3.05) is 6.61 Å². The molecule has 0 spiro atoms. The van der Waals surface area contributed by atoms with Gasteiger partial charge < -0.3 is 4.74 Å². The first-order valence-corrected chi connectivity index (χ1v) is 3.57. The number of rotatable bonds is 4. The lowest BCUT2D eigenvalue weighted by atomic mass is 10.2. The number of esters is 1. The fourth-order valence-electron chi connectivity index (χ4n) is 0.519. The Morgan fingerprint density at radius 1 is 1.12 bits per heavy atom. The van der Waals surface area contributed by atoms with Crippen molar-refractivity contribution in [2.24, 2.45) is 0 Å². The van der Waals surface area contributed by atoms with Crippen molar-refractivity contribution in [1.82, 2.24) is 0 Å². The first kappa shape index (κ1) is 14.7. The molecule has 0 amide bonds. The van der Waals surface area contributed by atoms with Crippen LogP contribution < -0.4 is 0 Å². The standard InChI is InChI=1S/C7H5F7O2/c1-2-4(15)16-3-5(8,9)6(10,11)7(12,13)14/h2H,1,3H2. The summed E-state index contributed by atoms with van der Waals surface area (Å²) in [6.45, 7) is 0.358. The largest absolute Gasteiger partial charge is 0.460 e. The Balaban J connectivity index is 4.78. The van der Waals surface area contributed by atoms with Crippen LogP contribution in [0.2, 0.25) is 0 Å². The molecule has 0 aliphatic heterocycles. The lowest BCUT2D eigenvalue weighted by molar-refractivity contribution is -0.359. The minimum atomic E-state index is -6.43. The van der Waals surface area contributed by atoms with Crippen LogP contribution in [0.15, 0.2) is 12.7 Å². The first-order chi connectivity index (χ1) is 6.95. The third-order valence-electron chi connectivity index (χ3n) is 1.38. The molecule has 94 valence electrons. The molecule has 0 heterocycles. The second kappa shape index (κ2) is 4.30. The molecule has 0 aromatic rings. The van der Waals surface area contributed by atoms with E-state index < -0.39 is 30.6 Å². The Bertz CT molecular complexity index is 281. The Hall–Kier alpha value is -1.28. The van der Waals surface area contributed by atoms with Crippen LogP contribution in [-0.2, 0) is 9.53 Å². The molecular formula is C7H5F7O2. The Kier molecular flexibility index (Phi) is 3.96. The first-order valence-electron chi connectivity index (χ1n) is 3.57. The van der Waals surface area contributed by atoms with Gasteiger partial charge in [0.05, 0.1) is 0 Å². The number of hydrogen-bond donors (Lipinski definition) is 0. The van der Waals surface area contributed by atoms with E-state index in [1.165, 1.54) is 0 Å². The van der Waals surface area contributed by atoms with Gasteiger partial charge in [-0.15, -0.1) is 0 Å². The van der Waals surface area contributed by atoms with Gasteiger partial charge >= 0.3 is 24.0 Å². The number of alkyl halides is 7. The van der Waals surface area contributed by atoms with Crippen LogP contribution in [0.3, 0.4) is 0 Å². The van der Waals surface area contributed by atoms with E-state index >= 15 is 0 Å². The SMILES string of the molecule is C=CC(=O)OCC(F)(F)C(F)(F)C(F)(F)F. The van der Waals surface area contributed by atoms with Crippen molar-refractivity contribution >= 4 is 5.97 Å². The van der Waals surface area contributed by atoms with Crippen molar-refractivity contribution in [3.8, 4) is 0 Å². The van der Waals surface area contributed by atoms with Gasteiger partial charge in [0.15, 0.2) is 6.61 Å². The smallest absolute Gasteiger partial charge is 0.456 e. The molecule has 0 aromatic carbocycles. The highest BCUT2D eigenvalue weighted by atomic mass is 19.4. The van der Waals surface area contributed by atoms with Crippen molar-refractivity contribution < 1.29 is 40.3 Å². The summed E-state index contributed by atoms with van der Waals surface area (Å²) in [4.78, 5) is 10.2. The van der Waals surface area contributed by atoms with Crippen molar-refractivity contribution in [3.63, 3.8) is 0 Å². The molecule has 0 saturated carbocycles. The lowest BCUT2D eigenvalue weighted by Gasteiger charge is -2.27. The van der Waals surface area contributed by atoms with Crippen LogP contribution >= 0.6 is 0 Å². The number of hydrogen-bond acceptors (Lipinski definition) is 2. The molecular weight excluding hydrogens is 249 g/mol. The Morgan fingerprint density at radius 3 is 1.88 bits per heavy atom. The highest BCUT2D eigenvalue weighted by molar-refractivity contribution is 5.81. The van der Waals surface area contributed by atoms with Crippen LogP contribution in [0, 0.1) is 0 Å². The maximum atomic E-state index is 12.4. The van der Waals surface area contributed by atoms with Crippen LogP contribution in [-0.4, -0.2) is 30.6 Å². The molecule has 0 rings (SSSR count). The summed E-state index contributed by atoms with van der Waals surface area (Å²) < 4.78 is 87.3. The van der Waals surface area contributed by atoms with E-state index in [-0.39, 0.29) is 0 Å². The summed E-state index contributed by atoms with van der Waals surface area (Å²) in [6.07, 6.45) is -6.08. The average molecular weight is 254 g/mol. The van der Waals surface area contributed by atoms with E-state index in [1.54, 1.807) is 0 Å². The van der Waals surface area contributed by atoms with E-state index in [2.05, 4.69) is 11.3 Å². The molecule has 0 radical (unpaired) electrons. The van der Waals surface area contributed by atoms with E-state index in [0.717, 1.165) is 0 Å². The summed E-state index contributed by atoms with van der Waals surface area (Å²) in [5.41, 5.74) is 0. The molecule has 0 unspecified atom stereocenters. The third-order valence-corrected chi connectivity index (χ3v) is 1.38. The van der Waals surface area contributed by atoms with Crippen LogP contribution in [0.1, 0.15) is 0 Å². The molecule has 0 aliphatic carbocycles. The molecule has 0 N–H and O–H groups in total. The number of carbonyl (C=O) groups is 1. The highest BCUT2D eigenvalue weighted by Crippen LogP contribution is 2.46. The molecule has 0 atom stereocenters. The summed E-state index contributed by atoms with van der Waals surface area (Å²) in [7, 11) is 0. The third kappa shape index (κ3) is 2.86. The molecule has 0 saturated heterocycles. The van der Waals surface area contributed by atoms with E-state index in [1.807, 2.05) is 0 Å². The maximum absolute atomic E-state index is 12.4. The van der Waals surface area contributed by atoms with Gasteiger partial charge in [-0.1, -0.05) is 6.58 Å². The van der Waals surface area contributed by atoms with E-state index in [4.69, 9.17) is 0 Å². The van der Waals surface area contributed by atoms with Gasteiger partial charge in [0.1, 0.15) is 0 Å². The quantitative estimate of drug-likeness (QED) is 0.438. The second-order valence-corrected chi connectivity index (χ2v) is 2.59. The zero-order valence-corrected chi connectivity index (χ0v) is 7.45. The van der Waals surface area contributed by atoms with E-state index in [0.29, 0.717) is 6.08 Å². The topological polar surface area (TPSA) is 26.3 Å². The Morgan fingerprint density at radius 2 is 1.56 bits per heavy atom. The van der Waals surface area contributed by atoms with Gasteiger partial charge in [0.2, 0.25) is 0 Å². The lowest BCUT2D eigenvalue weighted by Crippen LogP contribution is -2.54. The molecule has 0 aliphatic rings. The summed E-state index contributed by atoms with van der Waals surface area (Å²) in [5.74, 6) is -13.3. The molecule has 2 nitrogen and oxygen atoms in total. The number of ether oxygens (including phenoxy) is 1. The maximum Gasteiger partial charge on any atom is 0.460 e. The zero-order chi connectivity index (χ0) is 13.2. The van der Waals surface area contributed by atoms with Gasteiger partial charge in [-0.05, 0) is 0 Å². The number of carbonyl (C=O) groups excluding carboxylic acids is 1. The molecule has 16 heavy (non-hydrogen) atoms. The fourth-order valence-corrected chi connectivity index (χ4v) is 0.519. The van der Waals surface area contributed by atoms with Crippen LogP contribution in [0.5, 0.6) is 0 Å². The van der Waals surface area contributed by atoms with Crippen molar-refractivity contribution in [1.29, 1.82) is 0 Å². The van der Waals surface area contributed by atoms with Gasteiger partial charge in [0, 0.05) is 6.08 Å².